The van der Waals surface area contributed by atoms with E-state index in [1.807, 2.05) is 6.92 Å². The van der Waals surface area contributed by atoms with Crippen LogP contribution in [0.1, 0.15) is 23.4 Å². The van der Waals surface area contributed by atoms with Crippen LogP contribution in [0.5, 0.6) is 0 Å². The Kier molecular flexibility index (Phi) is 8.86. The SMILES string of the molecule is Cc1nc(NCc2c(F)cc(F)cc2F)nc(N[C@@H]2C[C@H](CS(=O)(=O)c3ccc(F)cc3)[C@@H](O)[C@H]2O)c1-c1nc2c(C)nccc2s1. The highest BCUT2D eigenvalue weighted by Crippen LogP contribution is 2.39. The molecule has 0 aliphatic heterocycles. The summed E-state index contributed by atoms with van der Waals surface area (Å²) in [6, 6.07) is 6.38. The summed E-state index contributed by atoms with van der Waals surface area (Å²) in [5.41, 5.74) is 1.77. The Morgan fingerprint density at radius 2 is 1.62 bits per heavy atom. The van der Waals surface area contributed by atoms with Gasteiger partial charge < -0.3 is 20.8 Å². The molecule has 10 nitrogen and oxygen atoms in total. The summed E-state index contributed by atoms with van der Waals surface area (Å²) in [5.74, 6) is -5.13. The predicted octanol–water partition coefficient (Wildman–Crippen LogP) is 4.93. The van der Waals surface area contributed by atoms with Gasteiger partial charge in [0.1, 0.15) is 45.7 Å². The summed E-state index contributed by atoms with van der Waals surface area (Å²) in [7, 11) is -3.94. The Hall–Kier alpha value is -4.25. The van der Waals surface area contributed by atoms with Gasteiger partial charge in [0, 0.05) is 36.4 Å². The lowest BCUT2D eigenvalue weighted by Crippen LogP contribution is -2.36. The molecule has 0 bridgehead atoms. The minimum atomic E-state index is -3.94. The lowest BCUT2D eigenvalue weighted by molar-refractivity contribution is 0.0216. The van der Waals surface area contributed by atoms with E-state index >= 15 is 0 Å². The molecule has 0 amide bonds. The van der Waals surface area contributed by atoms with Crippen molar-refractivity contribution in [1.82, 2.24) is 19.9 Å². The molecule has 4 N–H and O–H groups in total. The zero-order chi connectivity index (χ0) is 33.6. The number of hydrogen-bond donors (Lipinski definition) is 4. The number of sulfone groups is 1. The van der Waals surface area contributed by atoms with E-state index in [1.165, 1.54) is 11.3 Å². The van der Waals surface area contributed by atoms with Gasteiger partial charge in [-0.25, -0.2) is 35.9 Å². The van der Waals surface area contributed by atoms with Crippen molar-refractivity contribution in [3.8, 4) is 10.6 Å². The lowest BCUT2D eigenvalue weighted by Gasteiger charge is -2.21. The van der Waals surface area contributed by atoms with Crippen LogP contribution in [-0.4, -0.2) is 62.6 Å². The van der Waals surface area contributed by atoms with Crippen molar-refractivity contribution >= 4 is 43.2 Å². The van der Waals surface area contributed by atoms with Gasteiger partial charge in [0.25, 0.3) is 0 Å². The number of benzene rings is 2. The van der Waals surface area contributed by atoms with Gasteiger partial charge in [0.15, 0.2) is 9.84 Å². The number of nitrogens with zero attached hydrogens (tertiary/aromatic N) is 4. The maximum atomic E-state index is 14.3. The van der Waals surface area contributed by atoms with E-state index in [9.17, 15) is 36.2 Å². The third-order valence-corrected chi connectivity index (χ3v) is 10.9. The van der Waals surface area contributed by atoms with Gasteiger partial charge in [-0.1, -0.05) is 0 Å². The third-order valence-electron chi connectivity index (χ3n) is 8.05. The summed E-state index contributed by atoms with van der Waals surface area (Å²) < 4.78 is 82.4. The number of nitrogens with one attached hydrogen (secondary N) is 2. The first-order valence-corrected chi connectivity index (χ1v) is 16.9. The molecule has 246 valence electrons. The maximum Gasteiger partial charge on any atom is 0.225 e. The number of aryl methyl sites for hydroxylation is 2. The fourth-order valence-electron chi connectivity index (χ4n) is 5.64. The number of pyridine rings is 1. The zero-order valence-corrected chi connectivity index (χ0v) is 26.5. The molecule has 2 aromatic carbocycles. The minimum Gasteiger partial charge on any atom is -0.390 e. The Morgan fingerprint density at radius 1 is 0.915 bits per heavy atom. The second-order valence-electron chi connectivity index (χ2n) is 11.3. The smallest absolute Gasteiger partial charge is 0.225 e. The van der Waals surface area contributed by atoms with Crippen molar-refractivity contribution in [1.29, 1.82) is 0 Å². The molecule has 1 aliphatic rings. The molecule has 0 saturated heterocycles. The highest BCUT2D eigenvalue weighted by molar-refractivity contribution is 7.91. The molecule has 5 aromatic rings. The Labute approximate surface area is 270 Å². The third kappa shape index (κ3) is 6.63. The van der Waals surface area contributed by atoms with Crippen LogP contribution in [0.4, 0.5) is 29.3 Å². The summed E-state index contributed by atoms with van der Waals surface area (Å²) in [6.07, 6.45) is -1.17. The van der Waals surface area contributed by atoms with Gasteiger partial charge in [-0.2, -0.15) is 4.98 Å². The van der Waals surface area contributed by atoms with Gasteiger partial charge in [-0.15, -0.1) is 11.3 Å². The first-order valence-electron chi connectivity index (χ1n) is 14.4. The minimum absolute atomic E-state index is 0.0168. The number of halogens is 4. The van der Waals surface area contributed by atoms with Gasteiger partial charge in [-0.05, 0) is 50.6 Å². The molecule has 47 heavy (non-hydrogen) atoms. The predicted molar refractivity (Wildman–Crippen MR) is 168 cm³/mol. The van der Waals surface area contributed by atoms with Crippen molar-refractivity contribution in [2.24, 2.45) is 5.92 Å². The average Bonchev–Trinajstić information content (AvgIpc) is 3.54. The Morgan fingerprint density at radius 3 is 2.30 bits per heavy atom. The maximum absolute atomic E-state index is 14.3. The average molecular weight is 689 g/mol. The van der Waals surface area contributed by atoms with Crippen LogP contribution < -0.4 is 10.6 Å². The molecular weight excluding hydrogens is 661 g/mol. The van der Waals surface area contributed by atoms with Crippen LogP contribution >= 0.6 is 11.3 Å². The quantitative estimate of drug-likeness (QED) is 0.124. The Balaban J connectivity index is 1.33. The van der Waals surface area contributed by atoms with E-state index in [2.05, 4.69) is 25.6 Å². The number of aromatic nitrogens is 4. The van der Waals surface area contributed by atoms with Crippen LogP contribution in [0.15, 0.2) is 53.6 Å². The van der Waals surface area contributed by atoms with Gasteiger partial charge >= 0.3 is 0 Å². The van der Waals surface area contributed by atoms with Crippen molar-refractivity contribution < 1.29 is 36.2 Å². The molecule has 1 fully saturated rings. The monoisotopic (exact) mass is 688 g/mol. The lowest BCUT2D eigenvalue weighted by atomic mass is 10.1. The second-order valence-corrected chi connectivity index (χ2v) is 14.3. The van der Waals surface area contributed by atoms with Gasteiger partial charge in [-0.3, -0.25) is 4.98 Å². The standard InChI is InChI=1S/C31H28F4N6O4S2/c1-14-25(30-40-26-15(2)36-8-7-24(26)46-30)29(41-31(38-14)37-12-20-21(34)10-18(33)11-22(20)35)39-23-9-16(27(42)28(23)43)13-47(44,45)19-5-3-17(32)4-6-19/h3-8,10-11,16,23,27-28,42-43H,9,12-13H2,1-2H3,(H2,37,38,39,41)/t16-,23-,27-,28+/m1/s1. The van der Waals surface area contributed by atoms with Crippen LogP contribution in [0.3, 0.4) is 0 Å². The summed E-state index contributed by atoms with van der Waals surface area (Å²) >= 11 is 1.34. The number of anilines is 2. The summed E-state index contributed by atoms with van der Waals surface area (Å²) in [6.45, 7) is 3.06. The molecule has 3 aromatic heterocycles. The molecule has 0 spiro atoms. The largest absolute Gasteiger partial charge is 0.390 e. The van der Waals surface area contributed by atoms with Crippen molar-refractivity contribution in [3.05, 3.63) is 88.9 Å². The number of aliphatic hydroxyl groups is 2. The molecule has 3 heterocycles. The van der Waals surface area contributed by atoms with E-state index < -0.39 is 75.1 Å². The number of thiazole rings is 1. The fourth-order valence-corrected chi connectivity index (χ4v) is 8.39. The normalized spacial score (nSPS) is 19.7. The molecule has 6 rings (SSSR count). The molecule has 0 radical (unpaired) electrons. The number of hydrogen-bond acceptors (Lipinski definition) is 11. The number of rotatable bonds is 9. The number of fused-ring (bicyclic) bond motifs is 1. The van der Waals surface area contributed by atoms with Crippen LogP contribution in [0.25, 0.3) is 20.8 Å². The fraction of sp³-hybridized carbons (Fsp3) is 0.290. The van der Waals surface area contributed by atoms with E-state index in [-0.39, 0.29) is 23.1 Å². The second kappa shape index (κ2) is 12.7. The van der Waals surface area contributed by atoms with Gasteiger partial charge in [0.2, 0.25) is 5.95 Å². The van der Waals surface area contributed by atoms with E-state index in [1.54, 1.807) is 19.2 Å². The summed E-state index contributed by atoms with van der Waals surface area (Å²) in [5, 5.41) is 28.3. The van der Waals surface area contributed by atoms with E-state index in [4.69, 9.17) is 4.98 Å². The molecule has 4 atom stereocenters. The molecule has 1 aliphatic carbocycles. The van der Waals surface area contributed by atoms with Crippen LogP contribution in [0.2, 0.25) is 0 Å². The molecule has 1 saturated carbocycles. The Bertz CT molecular complexity index is 2060. The first-order chi connectivity index (χ1) is 22.3. The number of aliphatic hydroxyl groups excluding tert-OH is 2. The van der Waals surface area contributed by atoms with Crippen molar-refractivity contribution in [3.63, 3.8) is 0 Å². The molecule has 16 heteroatoms. The van der Waals surface area contributed by atoms with Crippen molar-refractivity contribution in [2.75, 3.05) is 16.4 Å². The van der Waals surface area contributed by atoms with Gasteiger partial charge in [0.05, 0.1) is 44.4 Å². The highest BCUT2D eigenvalue weighted by Gasteiger charge is 2.44. The zero-order valence-electron chi connectivity index (χ0n) is 24.9. The summed E-state index contributed by atoms with van der Waals surface area (Å²) in [4.78, 5) is 17.9. The highest BCUT2D eigenvalue weighted by atomic mass is 32.2. The van der Waals surface area contributed by atoms with Crippen molar-refractivity contribution in [2.45, 2.75) is 50.0 Å². The molecular formula is C31H28F4N6O4S2. The van der Waals surface area contributed by atoms with Crippen LogP contribution in [0, 0.1) is 43.0 Å². The van der Waals surface area contributed by atoms with E-state index in [0.29, 0.717) is 39.6 Å². The topological polar surface area (TPSA) is 150 Å². The van der Waals surface area contributed by atoms with Crippen LogP contribution in [-0.2, 0) is 16.4 Å². The molecule has 0 unspecified atom stereocenters. The van der Waals surface area contributed by atoms with E-state index in [0.717, 1.165) is 29.0 Å². The first kappa shape index (κ1) is 32.7.